The standard InChI is InChI=1S/C14H19N3O2S.ClH/c1-10-6-13(7-15)4-5-14(10)20(18,19)17-9-11(2)16-8-12(17)3;/h4-6,11-12,16H,8-9H2,1-3H3;1H. The third-order valence-electron chi connectivity index (χ3n) is 3.60. The highest BCUT2D eigenvalue weighted by Gasteiger charge is 2.34. The molecule has 2 atom stereocenters. The first-order valence-electron chi connectivity index (χ1n) is 6.62. The van der Waals surface area contributed by atoms with E-state index in [1.54, 1.807) is 23.4 Å². The molecule has 0 spiro atoms. The van der Waals surface area contributed by atoms with Crippen LogP contribution >= 0.6 is 12.4 Å². The van der Waals surface area contributed by atoms with Crippen molar-refractivity contribution in [2.75, 3.05) is 13.1 Å². The Morgan fingerprint density at radius 1 is 1.38 bits per heavy atom. The molecule has 1 aliphatic rings. The number of rotatable bonds is 2. The number of aryl methyl sites for hydroxylation is 1. The highest BCUT2D eigenvalue weighted by Crippen LogP contribution is 2.24. The smallest absolute Gasteiger partial charge is 0.243 e. The minimum absolute atomic E-state index is 0. The first kappa shape index (κ1) is 17.9. The first-order valence-corrected chi connectivity index (χ1v) is 8.06. The average Bonchev–Trinajstić information content (AvgIpc) is 2.40. The summed E-state index contributed by atoms with van der Waals surface area (Å²) < 4.78 is 27.1. The van der Waals surface area contributed by atoms with Crippen molar-refractivity contribution in [3.05, 3.63) is 29.3 Å². The fourth-order valence-electron chi connectivity index (χ4n) is 2.46. The van der Waals surface area contributed by atoms with Gasteiger partial charge in [0.25, 0.3) is 0 Å². The monoisotopic (exact) mass is 329 g/mol. The van der Waals surface area contributed by atoms with Gasteiger partial charge in [-0.2, -0.15) is 9.57 Å². The molecule has 0 aliphatic carbocycles. The van der Waals surface area contributed by atoms with Crippen LogP contribution in [0.5, 0.6) is 0 Å². The summed E-state index contributed by atoms with van der Waals surface area (Å²) >= 11 is 0. The van der Waals surface area contributed by atoms with Gasteiger partial charge in [-0.1, -0.05) is 0 Å². The van der Waals surface area contributed by atoms with Crippen molar-refractivity contribution in [1.82, 2.24) is 9.62 Å². The molecule has 2 rings (SSSR count). The Kier molecular flexibility index (Phi) is 5.76. The number of nitrogens with zero attached hydrogens (tertiary/aromatic N) is 2. The van der Waals surface area contributed by atoms with Crippen LogP contribution in [0.25, 0.3) is 0 Å². The molecule has 7 heteroatoms. The molecule has 1 saturated heterocycles. The lowest BCUT2D eigenvalue weighted by atomic mass is 10.2. The van der Waals surface area contributed by atoms with Crippen LogP contribution in [-0.2, 0) is 10.0 Å². The first-order chi connectivity index (χ1) is 9.36. The molecule has 2 unspecified atom stereocenters. The van der Waals surface area contributed by atoms with E-state index in [0.717, 1.165) is 0 Å². The highest BCUT2D eigenvalue weighted by molar-refractivity contribution is 7.89. The summed E-state index contributed by atoms with van der Waals surface area (Å²) in [6.45, 7) is 6.71. The Bertz CT molecular complexity index is 655. The van der Waals surface area contributed by atoms with Crippen LogP contribution in [0.2, 0.25) is 0 Å². The van der Waals surface area contributed by atoms with E-state index < -0.39 is 10.0 Å². The van der Waals surface area contributed by atoms with Crippen LogP contribution in [0.4, 0.5) is 0 Å². The van der Waals surface area contributed by atoms with Gasteiger partial charge in [-0.3, -0.25) is 0 Å². The zero-order valence-electron chi connectivity index (χ0n) is 12.3. The number of benzene rings is 1. The number of nitriles is 1. The van der Waals surface area contributed by atoms with Crippen molar-refractivity contribution < 1.29 is 8.42 Å². The molecule has 1 aromatic rings. The molecule has 0 bridgehead atoms. The predicted octanol–water partition coefficient (Wildman–Crippen LogP) is 1.66. The van der Waals surface area contributed by atoms with E-state index in [1.165, 1.54) is 6.07 Å². The largest absolute Gasteiger partial charge is 0.311 e. The molecule has 0 aromatic heterocycles. The van der Waals surface area contributed by atoms with Crippen molar-refractivity contribution in [2.24, 2.45) is 0 Å². The highest BCUT2D eigenvalue weighted by atomic mass is 35.5. The Hall–Kier alpha value is -1.13. The van der Waals surface area contributed by atoms with Gasteiger partial charge in [0.15, 0.2) is 0 Å². The molecule has 21 heavy (non-hydrogen) atoms. The van der Waals surface area contributed by atoms with E-state index in [9.17, 15) is 8.42 Å². The van der Waals surface area contributed by atoms with Gasteiger partial charge in [-0.25, -0.2) is 8.42 Å². The molecule has 1 fully saturated rings. The van der Waals surface area contributed by atoms with Gasteiger partial charge < -0.3 is 5.32 Å². The molecule has 1 aromatic carbocycles. The van der Waals surface area contributed by atoms with Crippen molar-refractivity contribution in [2.45, 2.75) is 37.8 Å². The van der Waals surface area contributed by atoms with Crippen molar-refractivity contribution >= 4 is 22.4 Å². The second kappa shape index (κ2) is 6.75. The summed E-state index contributed by atoms with van der Waals surface area (Å²) in [5, 5.41) is 12.1. The number of piperazine rings is 1. The Morgan fingerprint density at radius 3 is 2.62 bits per heavy atom. The van der Waals surface area contributed by atoms with Crippen molar-refractivity contribution in [3.8, 4) is 6.07 Å². The quantitative estimate of drug-likeness (QED) is 0.895. The maximum atomic E-state index is 12.8. The number of halogens is 1. The van der Waals surface area contributed by atoms with Gasteiger partial charge in [-0.05, 0) is 44.5 Å². The third-order valence-corrected chi connectivity index (χ3v) is 5.74. The van der Waals surface area contributed by atoms with Gasteiger partial charge in [0.1, 0.15) is 0 Å². The van der Waals surface area contributed by atoms with E-state index in [-0.39, 0.29) is 29.4 Å². The van der Waals surface area contributed by atoms with Gasteiger partial charge >= 0.3 is 0 Å². The zero-order valence-corrected chi connectivity index (χ0v) is 14.0. The fraction of sp³-hybridized carbons (Fsp3) is 0.500. The Morgan fingerprint density at radius 2 is 2.05 bits per heavy atom. The lowest BCUT2D eigenvalue weighted by Crippen LogP contribution is -2.56. The molecule has 1 N–H and O–H groups in total. The summed E-state index contributed by atoms with van der Waals surface area (Å²) in [6.07, 6.45) is 0. The van der Waals surface area contributed by atoms with Crippen LogP contribution < -0.4 is 5.32 Å². The van der Waals surface area contributed by atoms with Crippen LogP contribution in [0.3, 0.4) is 0 Å². The SMILES string of the molecule is Cc1cc(C#N)ccc1S(=O)(=O)N1CC(C)NCC1C.Cl. The van der Waals surface area contributed by atoms with Crippen LogP contribution in [-0.4, -0.2) is 37.9 Å². The number of nitrogens with one attached hydrogen (secondary N) is 1. The lowest BCUT2D eigenvalue weighted by Gasteiger charge is -2.36. The predicted molar refractivity (Wildman–Crippen MR) is 84.0 cm³/mol. The van der Waals surface area contributed by atoms with E-state index >= 15 is 0 Å². The molecule has 116 valence electrons. The summed E-state index contributed by atoms with van der Waals surface area (Å²) in [4.78, 5) is 0.289. The molecule has 0 saturated carbocycles. The maximum Gasteiger partial charge on any atom is 0.243 e. The molecular weight excluding hydrogens is 310 g/mol. The molecule has 1 heterocycles. The summed E-state index contributed by atoms with van der Waals surface area (Å²) in [7, 11) is -3.52. The minimum atomic E-state index is -3.52. The van der Waals surface area contributed by atoms with Crippen molar-refractivity contribution in [1.29, 1.82) is 5.26 Å². The Balaban J connectivity index is 0.00000220. The summed E-state index contributed by atoms with van der Waals surface area (Å²) in [6, 6.07) is 6.78. The minimum Gasteiger partial charge on any atom is -0.311 e. The Labute approximate surface area is 132 Å². The van der Waals surface area contributed by atoms with Gasteiger partial charge in [0.05, 0.1) is 16.5 Å². The van der Waals surface area contributed by atoms with E-state index in [2.05, 4.69) is 5.32 Å². The lowest BCUT2D eigenvalue weighted by molar-refractivity contribution is 0.244. The van der Waals surface area contributed by atoms with Crippen LogP contribution in [0.15, 0.2) is 23.1 Å². The van der Waals surface area contributed by atoms with Crippen molar-refractivity contribution in [3.63, 3.8) is 0 Å². The van der Waals surface area contributed by atoms with Gasteiger partial charge in [0.2, 0.25) is 10.0 Å². The molecule has 1 aliphatic heterocycles. The van der Waals surface area contributed by atoms with Gasteiger partial charge in [0, 0.05) is 25.2 Å². The fourth-order valence-corrected chi connectivity index (χ4v) is 4.38. The number of hydrogen-bond acceptors (Lipinski definition) is 4. The molecule has 0 amide bonds. The molecule has 5 nitrogen and oxygen atoms in total. The molecular formula is C14H20ClN3O2S. The van der Waals surface area contributed by atoms with E-state index in [0.29, 0.717) is 24.2 Å². The average molecular weight is 330 g/mol. The van der Waals surface area contributed by atoms with Crippen LogP contribution in [0, 0.1) is 18.3 Å². The van der Waals surface area contributed by atoms with E-state index in [1.807, 2.05) is 19.9 Å². The normalized spacial score (nSPS) is 23.1. The maximum absolute atomic E-state index is 12.8. The van der Waals surface area contributed by atoms with E-state index in [4.69, 9.17) is 5.26 Å². The number of hydrogen-bond donors (Lipinski definition) is 1. The second-order valence-electron chi connectivity index (χ2n) is 5.33. The summed E-state index contributed by atoms with van der Waals surface area (Å²) in [5.74, 6) is 0. The molecule has 0 radical (unpaired) electrons. The zero-order chi connectivity index (χ0) is 14.9. The topological polar surface area (TPSA) is 73.2 Å². The third kappa shape index (κ3) is 3.55. The van der Waals surface area contributed by atoms with Gasteiger partial charge in [-0.15, -0.1) is 12.4 Å². The number of sulfonamides is 1. The second-order valence-corrected chi connectivity index (χ2v) is 7.18. The van der Waals surface area contributed by atoms with Crippen LogP contribution in [0.1, 0.15) is 25.0 Å². The summed E-state index contributed by atoms with van der Waals surface area (Å²) in [5.41, 5.74) is 1.09.